The topological polar surface area (TPSA) is 66.5 Å². The molecule has 28 heavy (non-hydrogen) atoms. The van der Waals surface area contributed by atoms with Crippen molar-refractivity contribution in [2.75, 3.05) is 4.90 Å². The van der Waals surface area contributed by atoms with Crippen molar-refractivity contribution < 1.29 is 14.4 Å². The van der Waals surface area contributed by atoms with E-state index < -0.39 is 17.8 Å². The molecule has 0 bridgehead atoms. The van der Waals surface area contributed by atoms with Gasteiger partial charge >= 0.3 is 6.03 Å². The van der Waals surface area contributed by atoms with E-state index >= 15 is 0 Å². The number of carbonyl (C=O) groups is 3. The van der Waals surface area contributed by atoms with Crippen molar-refractivity contribution in [1.82, 2.24) is 5.32 Å². The van der Waals surface area contributed by atoms with Crippen LogP contribution in [0.3, 0.4) is 0 Å². The predicted molar refractivity (Wildman–Crippen MR) is 113 cm³/mol. The molecule has 4 amide bonds. The van der Waals surface area contributed by atoms with Crippen LogP contribution in [0.25, 0.3) is 6.08 Å². The van der Waals surface area contributed by atoms with E-state index in [1.807, 2.05) is 31.2 Å². The monoisotopic (exact) mass is 440 g/mol. The Labute approximate surface area is 172 Å². The van der Waals surface area contributed by atoms with Gasteiger partial charge in [0.1, 0.15) is 5.57 Å². The predicted octanol–water partition coefficient (Wildman–Crippen LogP) is 4.72. The zero-order chi connectivity index (χ0) is 20.6. The zero-order valence-corrected chi connectivity index (χ0v) is 17.8. The van der Waals surface area contributed by atoms with E-state index in [4.69, 9.17) is 0 Å². The van der Waals surface area contributed by atoms with Crippen LogP contribution < -0.4 is 10.2 Å². The average Bonchev–Trinajstić information content (AvgIpc) is 2.61. The average molecular weight is 441 g/mol. The maximum absolute atomic E-state index is 12.9. The van der Waals surface area contributed by atoms with Gasteiger partial charge < -0.3 is 0 Å². The van der Waals surface area contributed by atoms with Crippen molar-refractivity contribution in [3.8, 4) is 0 Å². The minimum Gasteiger partial charge on any atom is -0.273 e. The van der Waals surface area contributed by atoms with Crippen LogP contribution in [0.4, 0.5) is 10.5 Å². The minimum atomic E-state index is -0.753. The first kappa shape index (κ1) is 20.0. The highest BCUT2D eigenvalue weighted by Gasteiger charge is 2.36. The quantitative estimate of drug-likeness (QED) is 0.542. The first-order chi connectivity index (χ1) is 13.1. The Morgan fingerprint density at radius 3 is 2.21 bits per heavy atom. The molecule has 1 N–H and O–H groups in total. The van der Waals surface area contributed by atoms with Gasteiger partial charge in [-0.3, -0.25) is 14.9 Å². The maximum Gasteiger partial charge on any atom is 0.335 e. The molecule has 0 unspecified atom stereocenters. The number of urea groups is 1. The summed E-state index contributed by atoms with van der Waals surface area (Å²) in [4.78, 5) is 38.5. The molecule has 1 aliphatic rings. The van der Waals surface area contributed by atoms with Gasteiger partial charge in [0.2, 0.25) is 0 Å². The van der Waals surface area contributed by atoms with E-state index in [0.29, 0.717) is 11.3 Å². The van der Waals surface area contributed by atoms with Crippen molar-refractivity contribution in [3.05, 3.63) is 69.2 Å². The molecule has 144 valence electrons. The lowest BCUT2D eigenvalue weighted by Crippen LogP contribution is -2.54. The summed E-state index contributed by atoms with van der Waals surface area (Å²) in [5, 5.41) is 2.25. The molecule has 0 aliphatic carbocycles. The van der Waals surface area contributed by atoms with E-state index in [1.165, 1.54) is 6.08 Å². The molecule has 5 nitrogen and oxygen atoms in total. The highest BCUT2D eigenvalue weighted by Crippen LogP contribution is 2.27. The van der Waals surface area contributed by atoms with E-state index in [2.05, 4.69) is 42.0 Å². The maximum atomic E-state index is 12.9. The summed E-state index contributed by atoms with van der Waals surface area (Å²) in [6, 6.07) is 12.0. The van der Waals surface area contributed by atoms with Crippen LogP contribution in [0.15, 0.2) is 52.5 Å². The third-order valence-corrected chi connectivity index (χ3v) is 5.48. The van der Waals surface area contributed by atoms with Gasteiger partial charge in [0, 0.05) is 4.47 Å². The summed E-state index contributed by atoms with van der Waals surface area (Å²) in [7, 11) is 0. The summed E-state index contributed by atoms with van der Waals surface area (Å²) >= 11 is 3.40. The van der Waals surface area contributed by atoms with Gasteiger partial charge in [-0.05, 0) is 53.3 Å². The molecule has 0 saturated carbocycles. The second-order valence-corrected chi connectivity index (χ2v) is 8.62. The number of amides is 4. The SMILES string of the molecule is Cc1cc(N2C(=O)NC(=O)C(=Cc3ccc(C(C)(C)C)cc3)C2=O)ccc1Br. The molecule has 2 aromatic rings. The molecule has 0 atom stereocenters. The number of anilines is 1. The smallest absolute Gasteiger partial charge is 0.273 e. The molecule has 1 heterocycles. The van der Waals surface area contributed by atoms with Crippen molar-refractivity contribution in [2.45, 2.75) is 33.1 Å². The fraction of sp³-hybridized carbons (Fsp3) is 0.227. The Kier molecular flexibility index (Phi) is 5.26. The minimum absolute atomic E-state index is 0.00632. The fourth-order valence-electron chi connectivity index (χ4n) is 2.91. The van der Waals surface area contributed by atoms with Gasteiger partial charge in [-0.1, -0.05) is 61.0 Å². The van der Waals surface area contributed by atoms with Gasteiger partial charge in [-0.15, -0.1) is 0 Å². The number of hydrogen-bond acceptors (Lipinski definition) is 3. The summed E-state index contributed by atoms with van der Waals surface area (Å²) in [6.45, 7) is 8.20. The molecule has 1 aliphatic heterocycles. The number of benzene rings is 2. The highest BCUT2D eigenvalue weighted by molar-refractivity contribution is 9.10. The van der Waals surface area contributed by atoms with Gasteiger partial charge in [0.25, 0.3) is 11.8 Å². The molecular formula is C22H21BrN2O3. The van der Waals surface area contributed by atoms with Crippen LogP contribution >= 0.6 is 15.9 Å². The first-order valence-electron chi connectivity index (χ1n) is 8.86. The van der Waals surface area contributed by atoms with Crippen molar-refractivity contribution in [2.24, 2.45) is 0 Å². The molecule has 0 aromatic heterocycles. The van der Waals surface area contributed by atoms with Crippen molar-refractivity contribution in [3.63, 3.8) is 0 Å². The lowest BCUT2D eigenvalue weighted by atomic mass is 9.86. The van der Waals surface area contributed by atoms with E-state index in [-0.39, 0.29) is 11.0 Å². The number of imide groups is 2. The molecule has 1 fully saturated rings. The molecule has 6 heteroatoms. The number of nitrogens with one attached hydrogen (secondary N) is 1. The van der Waals surface area contributed by atoms with Crippen molar-refractivity contribution in [1.29, 1.82) is 0 Å². The number of carbonyl (C=O) groups excluding carboxylic acids is 3. The van der Waals surface area contributed by atoms with Gasteiger partial charge in [0.15, 0.2) is 0 Å². The second-order valence-electron chi connectivity index (χ2n) is 7.76. The molecule has 3 rings (SSSR count). The summed E-state index contributed by atoms with van der Waals surface area (Å²) < 4.78 is 0.867. The summed E-state index contributed by atoms with van der Waals surface area (Å²) in [5.74, 6) is -1.34. The Morgan fingerprint density at radius 2 is 1.64 bits per heavy atom. The third-order valence-electron chi connectivity index (χ3n) is 4.59. The Balaban J connectivity index is 1.97. The van der Waals surface area contributed by atoms with Gasteiger partial charge in [0.05, 0.1) is 5.69 Å². The second kappa shape index (κ2) is 7.36. The Morgan fingerprint density at radius 1 is 1.00 bits per heavy atom. The highest BCUT2D eigenvalue weighted by atomic mass is 79.9. The van der Waals surface area contributed by atoms with Crippen molar-refractivity contribution >= 4 is 45.5 Å². The van der Waals surface area contributed by atoms with Crippen LogP contribution in [0.1, 0.15) is 37.5 Å². The lowest BCUT2D eigenvalue weighted by molar-refractivity contribution is -0.122. The van der Waals surface area contributed by atoms with E-state index in [9.17, 15) is 14.4 Å². The van der Waals surface area contributed by atoms with Crippen LogP contribution in [-0.4, -0.2) is 17.8 Å². The number of nitrogens with zero attached hydrogens (tertiary/aromatic N) is 1. The van der Waals surface area contributed by atoms with Gasteiger partial charge in [-0.25, -0.2) is 9.69 Å². The number of barbiturate groups is 1. The number of hydrogen-bond donors (Lipinski definition) is 1. The summed E-state index contributed by atoms with van der Waals surface area (Å²) in [6.07, 6.45) is 1.51. The number of halogens is 1. The van der Waals surface area contributed by atoms with E-state index in [1.54, 1.807) is 18.2 Å². The molecule has 0 radical (unpaired) electrons. The van der Waals surface area contributed by atoms with Crippen LogP contribution in [-0.2, 0) is 15.0 Å². The summed E-state index contributed by atoms with van der Waals surface area (Å²) in [5.41, 5.74) is 3.07. The zero-order valence-electron chi connectivity index (χ0n) is 16.2. The first-order valence-corrected chi connectivity index (χ1v) is 9.65. The van der Waals surface area contributed by atoms with Gasteiger partial charge in [-0.2, -0.15) is 0 Å². The lowest BCUT2D eigenvalue weighted by Gasteiger charge is -2.26. The molecule has 1 saturated heterocycles. The fourth-order valence-corrected chi connectivity index (χ4v) is 3.15. The number of rotatable bonds is 2. The van der Waals surface area contributed by atoms with Crippen LogP contribution in [0, 0.1) is 6.92 Å². The van der Waals surface area contributed by atoms with Crippen LogP contribution in [0.2, 0.25) is 0 Å². The third kappa shape index (κ3) is 3.92. The molecular weight excluding hydrogens is 420 g/mol. The van der Waals surface area contributed by atoms with Crippen LogP contribution in [0.5, 0.6) is 0 Å². The standard InChI is InChI=1S/C22H21BrN2O3/c1-13-11-16(9-10-18(13)23)25-20(27)17(19(26)24-21(25)28)12-14-5-7-15(8-6-14)22(2,3)4/h5-12H,1-4H3,(H,24,26,28). The number of aryl methyl sites for hydroxylation is 1. The van der Waals surface area contributed by atoms with E-state index in [0.717, 1.165) is 20.5 Å². The Hall–Kier alpha value is -2.73. The molecule has 2 aromatic carbocycles. The largest absolute Gasteiger partial charge is 0.335 e. The Bertz CT molecular complexity index is 1000. The molecule has 0 spiro atoms. The normalized spacial score (nSPS) is 16.5.